The normalized spacial score (nSPS) is 15.2. The van der Waals surface area contributed by atoms with Gasteiger partial charge in [-0.05, 0) is 49.2 Å². The maximum atomic E-state index is 13.0. The molecule has 1 fully saturated rings. The summed E-state index contributed by atoms with van der Waals surface area (Å²) in [4.78, 5) is 8.23. The van der Waals surface area contributed by atoms with Crippen molar-refractivity contribution in [2.24, 2.45) is 0 Å². The van der Waals surface area contributed by atoms with Gasteiger partial charge in [0, 0.05) is 30.9 Å². The average molecular weight is 433 g/mol. The van der Waals surface area contributed by atoms with Gasteiger partial charge in [0.2, 0.25) is 10.0 Å². The van der Waals surface area contributed by atoms with Crippen molar-refractivity contribution in [3.8, 4) is 12.1 Å². The predicted molar refractivity (Wildman–Crippen MR) is 116 cm³/mol. The van der Waals surface area contributed by atoms with Crippen LogP contribution in [0.3, 0.4) is 0 Å². The molecule has 31 heavy (non-hydrogen) atoms. The molecule has 156 valence electrons. The van der Waals surface area contributed by atoms with E-state index < -0.39 is 10.0 Å². The van der Waals surface area contributed by atoms with Crippen molar-refractivity contribution in [3.05, 3.63) is 66.1 Å². The minimum absolute atomic E-state index is 0.0657. The lowest BCUT2D eigenvalue weighted by molar-refractivity contribution is 0.314. The molecular formula is C22H20N6O2S. The standard InChI is InChI=1S/C22H20N6O2S/c23-13-16(14-24)15-25-18-5-7-19(8-6-18)31(29,30)28-11-9-17(10-12-28)22-26-20-3-1-2-4-21(20)27-22/h1-8,15,17,25H,9-12H2,(H,26,27). The monoisotopic (exact) mass is 432 g/mol. The minimum Gasteiger partial charge on any atom is -0.360 e. The Morgan fingerprint density at radius 3 is 2.42 bits per heavy atom. The largest absolute Gasteiger partial charge is 0.360 e. The molecule has 1 aliphatic heterocycles. The van der Waals surface area contributed by atoms with Crippen molar-refractivity contribution in [1.29, 1.82) is 10.5 Å². The molecule has 2 N–H and O–H groups in total. The number of nitriles is 2. The summed E-state index contributed by atoms with van der Waals surface area (Å²) in [6.07, 6.45) is 2.69. The Bertz CT molecular complexity index is 1260. The number of hydrogen-bond acceptors (Lipinski definition) is 6. The maximum absolute atomic E-state index is 13.0. The number of para-hydroxylation sites is 2. The number of fused-ring (bicyclic) bond motifs is 1. The average Bonchev–Trinajstić information content (AvgIpc) is 3.24. The molecule has 0 saturated carbocycles. The van der Waals surface area contributed by atoms with E-state index in [4.69, 9.17) is 10.5 Å². The molecule has 0 spiro atoms. The highest BCUT2D eigenvalue weighted by molar-refractivity contribution is 7.89. The Balaban J connectivity index is 1.42. The first-order chi connectivity index (χ1) is 15.0. The Kier molecular flexibility index (Phi) is 5.72. The van der Waals surface area contributed by atoms with Crippen LogP contribution in [0.15, 0.2) is 65.2 Å². The summed E-state index contributed by atoms with van der Waals surface area (Å²) in [6.45, 7) is 0.862. The van der Waals surface area contributed by atoms with Gasteiger partial charge in [-0.1, -0.05) is 12.1 Å². The van der Waals surface area contributed by atoms with Gasteiger partial charge in [0.25, 0.3) is 0 Å². The van der Waals surface area contributed by atoms with Gasteiger partial charge in [0.05, 0.1) is 15.9 Å². The molecule has 8 nitrogen and oxygen atoms in total. The third-order valence-corrected chi connectivity index (χ3v) is 7.28. The second kappa shape index (κ2) is 8.60. The van der Waals surface area contributed by atoms with Crippen LogP contribution in [0, 0.1) is 22.7 Å². The smallest absolute Gasteiger partial charge is 0.243 e. The van der Waals surface area contributed by atoms with E-state index >= 15 is 0 Å². The summed E-state index contributed by atoms with van der Waals surface area (Å²) < 4.78 is 27.6. The molecule has 0 atom stereocenters. The van der Waals surface area contributed by atoms with E-state index in [0.29, 0.717) is 31.6 Å². The van der Waals surface area contributed by atoms with Gasteiger partial charge in [-0.2, -0.15) is 14.8 Å². The SMILES string of the molecule is N#CC(C#N)=CNc1ccc(S(=O)(=O)N2CCC(c3nc4ccccc4[nH]3)CC2)cc1. The van der Waals surface area contributed by atoms with E-state index in [1.54, 1.807) is 24.3 Å². The van der Waals surface area contributed by atoms with Crippen LogP contribution < -0.4 is 5.32 Å². The van der Waals surface area contributed by atoms with Gasteiger partial charge in [-0.15, -0.1) is 0 Å². The van der Waals surface area contributed by atoms with Crippen LogP contribution in [0.2, 0.25) is 0 Å². The van der Waals surface area contributed by atoms with E-state index in [0.717, 1.165) is 16.9 Å². The summed E-state index contributed by atoms with van der Waals surface area (Å²) in [5.41, 5.74) is 2.44. The van der Waals surface area contributed by atoms with E-state index in [1.165, 1.54) is 22.6 Å². The van der Waals surface area contributed by atoms with E-state index in [9.17, 15) is 8.42 Å². The molecule has 0 aliphatic carbocycles. The topological polar surface area (TPSA) is 126 Å². The molecule has 4 rings (SSSR count). The van der Waals surface area contributed by atoms with Crippen molar-refractivity contribution in [2.45, 2.75) is 23.7 Å². The number of aromatic amines is 1. The van der Waals surface area contributed by atoms with E-state index in [2.05, 4.69) is 15.3 Å². The highest BCUT2D eigenvalue weighted by atomic mass is 32.2. The fourth-order valence-corrected chi connectivity index (χ4v) is 5.12. The molecule has 3 aromatic rings. The zero-order valence-electron chi connectivity index (χ0n) is 16.6. The maximum Gasteiger partial charge on any atom is 0.243 e. The number of sulfonamides is 1. The van der Waals surface area contributed by atoms with Crippen LogP contribution in [0.4, 0.5) is 5.69 Å². The van der Waals surface area contributed by atoms with Gasteiger partial charge in [0.15, 0.2) is 0 Å². The minimum atomic E-state index is -3.59. The summed E-state index contributed by atoms with van der Waals surface area (Å²) in [5, 5.41) is 20.3. The first-order valence-electron chi connectivity index (χ1n) is 9.83. The second-order valence-corrected chi connectivity index (χ2v) is 9.21. The molecular weight excluding hydrogens is 412 g/mol. The van der Waals surface area contributed by atoms with E-state index in [1.807, 2.05) is 24.3 Å². The van der Waals surface area contributed by atoms with Gasteiger partial charge in [0.1, 0.15) is 23.5 Å². The van der Waals surface area contributed by atoms with Crippen molar-refractivity contribution < 1.29 is 8.42 Å². The molecule has 2 heterocycles. The zero-order valence-corrected chi connectivity index (χ0v) is 17.4. The molecule has 0 radical (unpaired) electrons. The Morgan fingerprint density at radius 2 is 1.77 bits per heavy atom. The van der Waals surface area contributed by atoms with E-state index in [-0.39, 0.29) is 16.4 Å². The molecule has 2 aromatic carbocycles. The van der Waals surface area contributed by atoms with Crippen molar-refractivity contribution in [1.82, 2.24) is 14.3 Å². The zero-order chi connectivity index (χ0) is 21.8. The fourth-order valence-electron chi connectivity index (χ4n) is 3.65. The van der Waals surface area contributed by atoms with Crippen LogP contribution in [-0.4, -0.2) is 35.8 Å². The Labute approximate surface area is 180 Å². The molecule has 9 heteroatoms. The third-order valence-electron chi connectivity index (χ3n) is 5.36. The first-order valence-corrected chi connectivity index (χ1v) is 11.3. The fraction of sp³-hybridized carbons (Fsp3) is 0.227. The number of benzene rings is 2. The van der Waals surface area contributed by atoms with Crippen LogP contribution >= 0.6 is 0 Å². The van der Waals surface area contributed by atoms with Gasteiger partial charge >= 0.3 is 0 Å². The number of hydrogen-bond donors (Lipinski definition) is 2. The molecule has 0 bridgehead atoms. The van der Waals surface area contributed by atoms with Crippen LogP contribution in [0.25, 0.3) is 11.0 Å². The number of piperidine rings is 1. The number of nitrogens with zero attached hydrogens (tertiary/aromatic N) is 4. The van der Waals surface area contributed by atoms with Crippen LogP contribution in [0.1, 0.15) is 24.6 Å². The number of allylic oxidation sites excluding steroid dienone is 1. The van der Waals surface area contributed by atoms with Gasteiger partial charge < -0.3 is 10.3 Å². The summed E-state index contributed by atoms with van der Waals surface area (Å²) >= 11 is 0. The molecule has 0 amide bonds. The summed E-state index contributed by atoms with van der Waals surface area (Å²) in [7, 11) is -3.59. The highest BCUT2D eigenvalue weighted by Gasteiger charge is 2.31. The lowest BCUT2D eigenvalue weighted by Crippen LogP contribution is -2.38. The number of anilines is 1. The Hall–Kier alpha value is -3.66. The Morgan fingerprint density at radius 1 is 1.10 bits per heavy atom. The number of H-pyrrole nitrogens is 1. The molecule has 1 saturated heterocycles. The van der Waals surface area contributed by atoms with Crippen molar-refractivity contribution in [2.75, 3.05) is 18.4 Å². The first kappa shape index (κ1) is 20.6. The molecule has 0 unspecified atom stereocenters. The molecule has 1 aliphatic rings. The van der Waals surface area contributed by atoms with Gasteiger partial charge in [-0.3, -0.25) is 0 Å². The van der Waals surface area contributed by atoms with Crippen molar-refractivity contribution >= 4 is 26.7 Å². The van der Waals surface area contributed by atoms with Crippen LogP contribution in [0.5, 0.6) is 0 Å². The summed E-state index contributed by atoms with van der Waals surface area (Å²) in [5.74, 6) is 1.11. The number of nitrogens with one attached hydrogen (secondary N) is 2. The summed E-state index contributed by atoms with van der Waals surface area (Å²) in [6, 6.07) is 17.6. The lowest BCUT2D eigenvalue weighted by Gasteiger charge is -2.30. The highest BCUT2D eigenvalue weighted by Crippen LogP contribution is 2.30. The quantitative estimate of drug-likeness (QED) is 0.595. The van der Waals surface area contributed by atoms with Crippen LogP contribution in [-0.2, 0) is 10.0 Å². The molecule has 1 aromatic heterocycles. The number of rotatable bonds is 5. The number of imidazole rings is 1. The number of aromatic nitrogens is 2. The third kappa shape index (κ3) is 4.29. The van der Waals surface area contributed by atoms with Crippen molar-refractivity contribution in [3.63, 3.8) is 0 Å². The second-order valence-electron chi connectivity index (χ2n) is 7.27. The predicted octanol–water partition coefficient (Wildman–Crippen LogP) is 3.47. The lowest BCUT2D eigenvalue weighted by atomic mass is 9.97. The van der Waals surface area contributed by atoms with Gasteiger partial charge in [-0.25, -0.2) is 13.4 Å².